The first-order chi connectivity index (χ1) is 13.9. The summed E-state index contributed by atoms with van der Waals surface area (Å²) in [7, 11) is 3.88. The van der Waals surface area contributed by atoms with Crippen molar-refractivity contribution in [3.63, 3.8) is 0 Å². The molecule has 1 N–H and O–H groups in total. The van der Waals surface area contributed by atoms with Crippen LogP contribution in [0.25, 0.3) is 5.82 Å². The number of anilines is 2. The maximum atomic E-state index is 12.4. The summed E-state index contributed by atoms with van der Waals surface area (Å²) in [5.41, 5.74) is 5.03. The van der Waals surface area contributed by atoms with Crippen LogP contribution in [0.1, 0.15) is 35.9 Å². The van der Waals surface area contributed by atoms with Crippen LogP contribution in [0.4, 0.5) is 11.5 Å². The fraction of sp³-hybridized carbons (Fsp3) is 0.364. The third-order valence-electron chi connectivity index (χ3n) is 4.98. The summed E-state index contributed by atoms with van der Waals surface area (Å²) in [4.78, 5) is 23.0. The Morgan fingerprint density at radius 3 is 2.69 bits per heavy atom. The molecular weight excluding hydrogens is 364 g/mol. The van der Waals surface area contributed by atoms with Gasteiger partial charge >= 0.3 is 0 Å². The van der Waals surface area contributed by atoms with Crippen LogP contribution >= 0.6 is 0 Å². The van der Waals surface area contributed by atoms with E-state index in [2.05, 4.69) is 33.4 Å². The van der Waals surface area contributed by atoms with Gasteiger partial charge in [-0.15, -0.1) is 0 Å². The van der Waals surface area contributed by atoms with Gasteiger partial charge in [0.2, 0.25) is 5.91 Å². The molecule has 0 unspecified atom stereocenters. The molecule has 1 aromatic carbocycles. The molecule has 0 aliphatic heterocycles. The number of carbonyl (C=O) groups is 1. The first kappa shape index (κ1) is 20.5. The lowest BCUT2D eigenvalue weighted by Crippen LogP contribution is -2.13. The molecular formula is C22H28N6O. The van der Waals surface area contributed by atoms with Gasteiger partial charge in [0.05, 0.1) is 5.69 Å². The van der Waals surface area contributed by atoms with Crippen LogP contribution in [0.5, 0.6) is 0 Å². The van der Waals surface area contributed by atoms with Gasteiger partial charge in [-0.2, -0.15) is 5.10 Å². The van der Waals surface area contributed by atoms with Gasteiger partial charge < -0.3 is 10.2 Å². The summed E-state index contributed by atoms with van der Waals surface area (Å²) in [6.45, 7) is 6.08. The highest BCUT2D eigenvalue weighted by Gasteiger charge is 2.16. The number of amides is 1. The Morgan fingerprint density at radius 2 is 1.97 bits per heavy atom. The largest absolute Gasteiger partial charge is 0.363 e. The predicted molar refractivity (Wildman–Crippen MR) is 116 cm³/mol. The number of hydrogen-bond donors (Lipinski definition) is 1. The molecule has 0 saturated carbocycles. The molecule has 0 saturated heterocycles. The number of nitrogens with zero attached hydrogens (tertiary/aromatic N) is 5. The topological polar surface area (TPSA) is 75.9 Å². The van der Waals surface area contributed by atoms with Gasteiger partial charge in [0.25, 0.3) is 0 Å². The van der Waals surface area contributed by atoms with Crippen LogP contribution in [0.15, 0.2) is 36.7 Å². The zero-order chi connectivity index (χ0) is 21.0. The van der Waals surface area contributed by atoms with Crippen molar-refractivity contribution in [1.82, 2.24) is 19.7 Å². The smallest absolute Gasteiger partial charge is 0.224 e. The summed E-state index contributed by atoms with van der Waals surface area (Å²) >= 11 is 0. The van der Waals surface area contributed by atoms with Gasteiger partial charge in [0.1, 0.15) is 12.1 Å². The van der Waals surface area contributed by atoms with Crippen molar-refractivity contribution in [2.75, 3.05) is 24.3 Å². The molecule has 3 aromatic rings. The van der Waals surface area contributed by atoms with Crippen molar-refractivity contribution in [2.24, 2.45) is 0 Å². The summed E-state index contributed by atoms with van der Waals surface area (Å²) in [5.74, 6) is 1.54. The highest BCUT2D eigenvalue weighted by Crippen LogP contribution is 2.20. The maximum absolute atomic E-state index is 12.4. The second-order valence-electron chi connectivity index (χ2n) is 7.29. The van der Waals surface area contributed by atoms with Crippen LogP contribution in [-0.4, -0.2) is 39.8 Å². The second-order valence-corrected chi connectivity index (χ2v) is 7.29. The first-order valence-electron chi connectivity index (χ1n) is 9.82. The highest BCUT2D eigenvalue weighted by atomic mass is 16.1. The molecule has 0 spiro atoms. The Bertz CT molecular complexity index is 1010. The van der Waals surface area contributed by atoms with Crippen LogP contribution in [-0.2, 0) is 17.6 Å². The molecule has 3 rings (SSSR count). The maximum Gasteiger partial charge on any atom is 0.224 e. The van der Waals surface area contributed by atoms with E-state index >= 15 is 0 Å². The number of aryl methyl sites for hydroxylation is 2. The SMILES string of the molecule is CCc1cccc(NC(=O)CCc2c(C)nn(-c3cc(N(C)C)ncn3)c2C)c1. The van der Waals surface area contributed by atoms with E-state index in [9.17, 15) is 4.79 Å². The van der Waals surface area contributed by atoms with Crippen LogP contribution in [0, 0.1) is 13.8 Å². The third kappa shape index (κ3) is 4.80. The molecule has 7 nitrogen and oxygen atoms in total. The summed E-state index contributed by atoms with van der Waals surface area (Å²) < 4.78 is 1.82. The highest BCUT2D eigenvalue weighted by molar-refractivity contribution is 5.90. The quantitative estimate of drug-likeness (QED) is 0.666. The Balaban J connectivity index is 1.72. The fourth-order valence-corrected chi connectivity index (χ4v) is 3.29. The lowest BCUT2D eigenvalue weighted by Gasteiger charge is -2.12. The van der Waals surface area contributed by atoms with Gasteiger partial charge in [0.15, 0.2) is 5.82 Å². The molecule has 0 atom stereocenters. The summed E-state index contributed by atoms with van der Waals surface area (Å²) in [5, 5.41) is 7.63. The van der Waals surface area contributed by atoms with E-state index in [1.807, 2.05) is 61.8 Å². The molecule has 7 heteroatoms. The molecule has 152 valence electrons. The monoisotopic (exact) mass is 392 g/mol. The third-order valence-corrected chi connectivity index (χ3v) is 4.98. The fourth-order valence-electron chi connectivity index (χ4n) is 3.29. The molecule has 2 heterocycles. The van der Waals surface area contributed by atoms with E-state index in [0.29, 0.717) is 12.8 Å². The molecule has 2 aromatic heterocycles. The van der Waals surface area contributed by atoms with Crippen molar-refractivity contribution >= 4 is 17.4 Å². The van der Waals surface area contributed by atoms with Crippen LogP contribution in [0.2, 0.25) is 0 Å². The number of hydrogen-bond acceptors (Lipinski definition) is 5. The minimum Gasteiger partial charge on any atom is -0.363 e. The number of aromatic nitrogens is 4. The zero-order valence-corrected chi connectivity index (χ0v) is 17.7. The van der Waals surface area contributed by atoms with Crippen LogP contribution in [0.3, 0.4) is 0 Å². The molecule has 29 heavy (non-hydrogen) atoms. The normalized spacial score (nSPS) is 10.8. The summed E-state index contributed by atoms with van der Waals surface area (Å²) in [6, 6.07) is 9.87. The standard InChI is InChI=1S/C22H28N6O/c1-6-17-8-7-9-18(12-17)25-22(29)11-10-19-15(2)26-28(16(19)3)21-13-20(27(4)5)23-14-24-21/h7-9,12-14H,6,10-11H2,1-5H3,(H,25,29). The molecule has 0 aliphatic rings. The minimum atomic E-state index is 0.00160. The van der Waals surface area contributed by atoms with Gasteiger partial charge in [-0.3, -0.25) is 4.79 Å². The first-order valence-corrected chi connectivity index (χ1v) is 9.82. The van der Waals surface area contributed by atoms with Crippen molar-refractivity contribution < 1.29 is 4.79 Å². The number of rotatable bonds is 7. The Labute approximate surface area is 171 Å². The number of benzene rings is 1. The molecule has 0 aliphatic carbocycles. The van der Waals surface area contributed by atoms with Crippen molar-refractivity contribution in [3.05, 3.63) is 59.2 Å². The van der Waals surface area contributed by atoms with Gasteiger partial charge in [-0.25, -0.2) is 14.6 Å². The number of nitrogens with one attached hydrogen (secondary N) is 1. The van der Waals surface area contributed by atoms with Gasteiger partial charge in [-0.1, -0.05) is 19.1 Å². The Morgan fingerprint density at radius 1 is 1.17 bits per heavy atom. The van der Waals surface area contributed by atoms with Crippen molar-refractivity contribution in [2.45, 2.75) is 40.0 Å². The average Bonchev–Trinajstić information content (AvgIpc) is 3.00. The average molecular weight is 393 g/mol. The predicted octanol–water partition coefficient (Wildman–Crippen LogP) is 3.48. The van der Waals surface area contributed by atoms with Crippen molar-refractivity contribution in [1.29, 1.82) is 0 Å². The molecule has 0 fully saturated rings. The van der Waals surface area contributed by atoms with Gasteiger partial charge in [-0.05, 0) is 49.9 Å². The Hall–Kier alpha value is -3.22. The minimum absolute atomic E-state index is 0.00160. The Kier molecular flexibility index (Phi) is 6.26. The molecule has 1 amide bonds. The number of carbonyl (C=O) groups excluding carboxylic acids is 1. The second kappa shape index (κ2) is 8.86. The van der Waals surface area contributed by atoms with Gasteiger partial charge in [0, 0.05) is 38.0 Å². The molecule has 0 bridgehead atoms. The van der Waals surface area contributed by atoms with Crippen LogP contribution < -0.4 is 10.2 Å². The van der Waals surface area contributed by atoms with E-state index in [0.717, 1.165) is 40.7 Å². The zero-order valence-electron chi connectivity index (χ0n) is 17.7. The van der Waals surface area contributed by atoms with Crippen molar-refractivity contribution in [3.8, 4) is 5.82 Å². The van der Waals surface area contributed by atoms with E-state index in [4.69, 9.17) is 0 Å². The van der Waals surface area contributed by atoms with E-state index in [1.165, 1.54) is 5.56 Å². The summed E-state index contributed by atoms with van der Waals surface area (Å²) in [6.07, 6.45) is 3.51. The lowest BCUT2D eigenvalue weighted by atomic mass is 10.1. The van der Waals surface area contributed by atoms with E-state index in [-0.39, 0.29) is 5.91 Å². The van der Waals surface area contributed by atoms with E-state index < -0.39 is 0 Å². The molecule has 0 radical (unpaired) electrons. The van der Waals surface area contributed by atoms with E-state index in [1.54, 1.807) is 6.33 Å². The lowest BCUT2D eigenvalue weighted by molar-refractivity contribution is -0.116.